The Kier molecular flexibility index (Phi) is 5.01. The SMILES string of the molecule is CC(C)c1cc2c(c(C[C@@H]3CCCN(N)[C@@H]3c3ccccc3)c1)OCC2. The number of hydrogen-bond donors (Lipinski definition) is 1. The number of nitrogens with two attached hydrogens (primary N) is 1. The van der Waals surface area contributed by atoms with Gasteiger partial charge in [-0.05, 0) is 53.4 Å². The van der Waals surface area contributed by atoms with Crippen LogP contribution in [0.2, 0.25) is 0 Å². The fourth-order valence-electron chi connectivity index (χ4n) is 4.61. The van der Waals surface area contributed by atoms with Gasteiger partial charge in [0.05, 0.1) is 12.6 Å². The standard InChI is InChI=1S/C23H30N2O/c1-16(2)20-14-19-10-12-26-23(19)21(15-20)13-18-9-6-11-25(24)22(18)17-7-4-3-5-8-17/h3-5,7-8,14-16,18,22H,6,9-13,24H2,1-2H3/t18-,22+/m0/s1. The van der Waals surface area contributed by atoms with Gasteiger partial charge in [-0.3, -0.25) is 5.84 Å². The molecule has 0 radical (unpaired) electrons. The molecule has 0 amide bonds. The van der Waals surface area contributed by atoms with Crippen molar-refractivity contribution in [3.63, 3.8) is 0 Å². The van der Waals surface area contributed by atoms with E-state index in [4.69, 9.17) is 10.6 Å². The van der Waals surface area contributed by atoms with Crippen molar-refractivity contribution in [1.29, 1.82) is 0 Å². The Morgan fingerprint density at radius 3 is 2.77 bits per heavy atom. The molecule has 0 bridgehead atoms. The van der Waals surface area contributed by atoms with Gasteiger partial charge in [0.1, 0.15) is 5.75 Å². The van der Waals surface area contributed by atoms with Gasteiger partial charge in [0.25, 0.3) is 0 Å². The van der Waals surface area contributed by atoms with Crippen LogP contribution in [0.1, 0.15) is 60.9 Å². The Bertz CT molecular complexity index is 756. The zero-order valence-electron chi connectivity index (χ0n) is 15.9. The Labute approximate surface area is 157 Å². The van der Waals surface area contributed by atoms with E-state index in [0.29, 0.717) is 11.8 Å². The number of benzene rings is 2. The lowest BCUT2D eigenvalue weighted by atomic mass is 9.80. The summed E-state index contributed by atoms with van der Waals surface area (Å²) >= 11 is 0. The van der Waals surface area contributed by atoms with Crippen LogP contribution in [0.25, 0.3) is 0 Å². The minimum Gasteiger partial charge on any atom is -0.493 e. The van der Waals surface area contributed by atoms with E-state index in [1.807, 2.05) is 0 Å². The molecule has 0 spiro atoms. The average molecular weight is 351 g/mol. The number of fused-ring (bicyclic) bond motifs is 1. The number of rotatable bonds is 4. The predicted octanol–water partition coefficient (Wildman–Crippen LogP) is 4.61. The van der Waals surface area contributed by atoms with Crippen molar-refractivity contribution in [2.24, 2.45) is 11.8 Å². The van der Waals surface area contributed by atoms with Crippen LogP contribution in [0, 0.1) is 5.92 Å². The molecule has 2 atom stereocenters. The third kappa shape index (κ3) is 3.38. The second kappa shape index (κ2) is 7.42. The molecule has 2 N–H and O–H groups in total. The molecule has 2 aliphatic rings. The largest absolute Gasteiger partial charge is 0.493 e. The summed E-state index contributed by atoms with van der Waals surface area (Å²) in [4.78, 5) is 0. The molecule has 2 aromatic rings. The fourth-order valence-corrected chi connectivity index (χ4v) is 4.61. The molecule has 0 aromatic heterocycles. The van der Waals surface area contributed by atoms with Crippen molar-refractivity contribution in [3.05, 3.63) is 64.7 Å². The lowest BCUT2D eigenvalue weighted by molar-refractivity contribution is 0.0922. The van der Waals surface area contributed by atoms with Gasteiger partial charge in [0.15, 0.2) is 0 Å². The maximum atomic E-state index is 6.45. The Morgan fingerprint density at radius 2 is 2.00 bits per heavy atom. The first kappa shape index (κ1) is 17.6. The zero-order valence-corrected chi connectivity index (χ0v) is 15.9. The number of ether oxygens (including phenoxy) is 1. The van der Waals surface area contributed by atoms with E-state index in [-0.39, 0.29) is 6.04 Å². The molecule has 0 unspecified atom stereocenters. The molecular weight excluding hydrogens is 320 g/mol. The van der Waals surface area contributed by atoms with Gasteiger partial charge >= 0.3 is 0 Å². The summed E-state index contributed by atoms with van der Waals surface area (Å²) in [5.74, 6) is 8.66. The Morgan fingerprint density at radius 1 is 1.19 bits per heavy atom. The summed E-state index contributed by atoms with van der Waals surface area (Å²) in [5.41, 5.74) is 5.53. The third-order valence-electron chi connectivity index (χ3n) is 5.97. The Balaban J connectivity index is 1.67. The van der Waals surface area contributed by atoms with Crippen molar-refractivity contribution in [2.75, 3.05) is 13.2 Å². The first-order valence-corrected chi connectivity index (χ1v) is 9.98. The molecule has 2 heterocycles. The van der Waals surface area contributed by atoms with Gasteiger partial charge in [-0.15, -0.1) is 0 Å². The summed E-state index contributed by atoms with van der Waals surface area (Å²) in [7, 11) is 0. The van der Waals surface area contributed by atoms with Crippen LogP contribution in [0.5, 0.6) is 5.75 Å². The smallest absolute Gasteiger partial charge is 0.125 e. The van der Waals surface area contributed by atoms with Crippen molar-refractivity contribution in [2.45, 2.75) is 51.5 Å². The van der Waals surface area contributed by atoms with Crippen molar-refractivity contribution >= 4 is 0 Å². The maximum Gasteiger partial charge on any atom is 0.125 e. The van der Waals surface area contributed by atoms with Crippen LogP contribution in [0.15, 0.2) is 42.5 Å². The summed E-state index contributed by atoms with van der Waals surface area (Å²) in [6, 6.07) is 15.8. The number of nitrogens with zero attached hydrogens (tertiary/aromatic N) is 1. The van der Waals surface area contributed by atoms with Gasteiger partial charge in [-0.2, -0.15) is 0 Å². The monoisotopic (exact) mass is 350 g/mol. The topological polar surface area (TPSA) is 38.5 Å². The first-order chi connectivity index (χ1) is 12.6. The van der Waals surface area contributed by atoms with Gasteiger partial charge in [-0.1, -0.05) is 56.3 Å². The second-order valence-corrected chi connectivity index (χ2v) is 8.12. The summed E-state index contributed by atoms with van der Waals surface area (Å²) in [6.07, 6.45) is 4.46. The summed E-state index contributed by atoms with van der Waals surface area (Å²) < 4.78 is 6.03. The van der Waals surface area contributed by atoms with Gasteiger partial charge in [-0.25, -0.2) is 5.01 Å². The number of piperidine rings is 1. The number of hydrogen-bond acceptors (Lipinski definition) is 3. The highest BCUT2D eigenvalue weighted by molar-refractivity contribution is 5.48. The molecule has 4 rings (SSSR count). The molecule has 138 valence electrons. The highest BCUT2D eigenvalue weighted by Crippen LogP contribution is 2.40. The molecule has 2 aliphatic heterocycles. The van der Waals surface area contributed by atoms with Gasteiger partial charge < -0.3 is 4.74 Å². The van der Waals surface area contributed by atoms with E-state index in [2.05, 4.69) is 61.3 Å². The van der Waals surface area contributed by atoms with E-state index in [1.165, 1.54) is 28.7 Å². The van der Waals surface area contributed by atoms with E-state index in [0.717, 1.165) is 38.2 Å². The maximum absolute atomic E-state index is 6.45. The van der Waals surface area contributed by atoms with E-state index in [1.54, 1.807) is 0 Å². The molecular formula is C23H30N2O. The fraction of sp³-hybridized carbons (Fsp3) is 0.478. The lowest BCUT2D eigenvalue weighted by Crippen LogP contribution is -2.44. The highest BCUT2D eigenvalue weighted by atomic mass is 16.5. The normalized spacial score (nSPS) is 23.1. The minimum absolute atomic E-state index is 0.282. The van der Waals surface area contributed by atoms with Crippen LogP contribution in [-0.2, 0) is 12.8 Å². The van der Waals surface area contributed by atoms with Crippen LogP contribution in [-0.4, -0.2) is 18.2 Å². The van der Waals surface area contributed by atoms with Crippen LogP contribution >= 0.6 is 0 Å². The highest BCUT2D eigenvalue weighted by Gasteiger charge is 2.32. The number of hydrazine groups is 1. The molecule has 1 fully saturated rings. The average Bonchev–Trinajstić information content (AvgIpc) is 3.11. The minimum atomic E-state index is 0.282. The quantitative estimate of drug-likeness (QED) is 0.818. The Hall–Kier alpha value is -1.84. The second-order valence-electron chi connectivity index (χ2n) is 8.12. The molecule has 0 saturated carbocycles. The van der Waals surface area contributed by atoms with Crippen LogP contribution < -0.4 is 10.6 Å². The molecule has 0 aliphatic carbocycles. The first-order valence-electron chi connectivity index (χ1n) is 9.98. The zero-order chi connectivity index (χ0) is 18.1. The van der Waals surface area contributed by atoms with Crippen molar-refractivity contribution in [3.8, 4) is 5.75 Å². The van der Waals surface area contributed by atoms with Gasteiger partial charge in [0.2, 0.25) is 0 Å². The van der Waals surface area contributed by atoms with E-state index < -0.39 is 0 Å². The summed E-state index contributed by atoms with van der Waals surface area (Å²) in [5, 5.41) is 2.05. The van der Waals surface area contributed by atoms with E-state index in [9.17, 15) is 0 Å². The lowest BCUT2D eigenvalue weighted by Gasteiger charge is -2.39. The van der Waals surface area contributed by atoms with Crippen LogP contribution in [0.3, 0.4) is 0 Å². The van der Waals surface area contributed by atoms with Gasteiger partial charge in [0, 0.05) is 13.0 Å². The molecule has 2 aromatic carbocycles. The van der Waals surface area contributed by atoms with Crippen molar-refractivity contribution < 1.29 is 4.74 Å². The predicted molar refractivity (Wildman–Crippen MR) is 106 cm³/mol. The van der Waals surface area contributed by atoms with E-state index >= 15 is 0 Å². The molecule has 3 heteroatoms. The molecule has 3 nitrogen and oxygen atoms in total. The molecule has 1 saturated heterocycles. The van der Waals surface area contributed by atoms with Crippen LogP contribution in [0.4, 0.5) is 0 Å². The summed E-state index contributed by atoms with van der Waals surface area (Å²) in [6.45, 7) is 6.34. The third-order valence-corrected chi connectivity index (χ3v) is 5.97. The van der Waals surface area contributed by atoms with Crippen molar-refractivity contribution in [1.82, 2.24) is 5.01 Å². The molecule has 26 heavy (non-hydrogen) atoms.